The molecule has 70 valence electrons. The topological polar surface area (TPSA) is 23.5 Å². The number of aliphatic hydroxyl groups excluding tert-OH is 1. The van der Waals surface area contributed by atoms with Gasteiger partial charge in [0.15, 0.2) is 0 Å². The van der Waals surface area contributed by atoms with E-state index in [1.165, 1.54) is 19.4 Å². The third kappa shape index (κ3) is 1.27. The van der Waals surface area contributed by atoms with Gasteiger partial charge in [0.2, 0.25) is 0 Å². The van der Waals surface area contributed by atoms with Gasteiger partial charge in [0.05, 0.1) is 6.61 Å². The maximum Gasteiger partial charge on any atom is 0.0589 e. The van der Waals surface area contributed by atoms with Gasteiger partial charge in [-0.15, -0.1) is 0 Å². The second kappa shape index (κ2) is 3.00. The van der Waals surface area contributed by atoms with Gasteiger partial charge in [-0.3, -0.25) is 0 Å². The predicted octanol–water partition coefficient (Wildman–Crippen LogP) is 0.955. The Hall–Kier alpha value is -0.0800. The molecule has 2 nitrogen and oxygen atoms in total. The fourth-order valence-corrected chi connectivity index (χ4v) is 2.91. The van der Waals surface area contributed by atoms with E-state index in [2.05, 4.69) is 18.9 Å². The minimum Gasteiger partial charge on any atom is -0.395 e. The van der Waals surface area contributed by atoms with Crippen molar-refractivity contribution < 1.29 is 5.11 Å². The smallest absolute Gasteiger partial charge is 0.0589 e. The molecule has 0 bridgehead atoms. The summed E-state index contributed by atoms with van der Waals surface area (Å²) in [4.78, 5) is 2.33. The standard InChI is InChI=1S/C10H19NO/c1-7-5-11(2)9(6-12)10(7)8-3-4-8/h7-10,12H,3-6H2,1-2H3/t7-,9-,10+/m0/s1. The number of aliphatic hydroxyl groups is 1. The molecule has 3 atom stereocenters. The zero-order valence-corrected chi connectivity index (χ0v) is 8.03. The highest BCUT2D eigenvalue weighted by molar-refractivity contribution is 4.97. The van der Waals surface area contributed by atoms with Crippen LogP contribution in [0.5, 0.6) is 0 Å². The van der Waals surface area contributed by atoms with Gasteiger partial charge in [0.1, 0.15) is 0 Å². The summed E-state index contributed by atoms with van der Waals surface area (Å²) in [6.07, 6.45) is 2.80. The number of rotatable bonds is 2. The van der Waals surface area contributed by atoms with Crippen LogP contribution in [0.3, 0.4) is 0 Å². The summed E-state index contributed by atoms with van der Waals surface area (Å²) in [5.41, 5.74) is 0. The molecule has 0 aromatic carbocycles. The summed E-state index contributed by atoms with van der Waals surface area (Å²) in [5, 5.41) is 9.26. The Kier molecular flexibility index (Phi) is 2.13. The molecule has 1 N–H and O–H groups in total. The van der Waals surface area contributed by atoms with Gasteiger partial charge in [-0.1, -0.05) is 6.92 Å². The summed E-state index contributed by atoms with van der Waals surface area (Å²) < 4.78 is 0. The fourth-order valence-electron chi connectivity index (χ4n) is 2.91. The molecule has 0 aromatic rings. The molecular weight excluding hydrogens is 150 g/mol. The Morgan fingerprint density at radius 1 is 1.42 bits per heavy atom. The van der Waals surface area contributed by atoms with Crippen molar-refractivity contribution in [3.8, 4) is 0 Å². The van der Waals surface area contributed by atoms with Crippen LogP contribution in [0.2, 0.25) is 0 Å². The minimum atomic E-state index is 0.349. The van der Waals surface area contributed by atoms with Crippen molar-refractivity contribution in [2.75, 3.05) is 20.2 Å². The highest BCUT2D eigenvalue weighted by Gasteiger charge is 2.45. The molecule has 2 fully saturated rings. The van der Waals surface area contributed by atoms with Crippen molar-refractivity contribution in [2.45, 2.75) is 25.8 Å². The van der Waals surface area contributed by atoms with Gasteiger partial charge in [0.25, 0.3) is 0 Å². The predicted molar refractivity (Wildman–Crippen MR) is 48.9 cm³/mol. The highest BCUT2D eigenvalue weighted by atomic mass is 16.3. The average molecular weight is 169 g/mol. The Morgan fingerprint density at radius 2 is 2.08 bits per heavy atom. The Balaban J connectivity index is 2.06. The van der Waals surface area contributed by atoms with Crippen LogP contribution < -0.4 is 0 Å². The first-order valence-corrected chi connectivity index (χ1v) is 5.05. The number of likely N-dealkylation sites (tertiary alicyclic amines) is 1. The quantitative estimate of drug-likeness (QED) is 0.665. The van der Waals surface area contributed by atoms with E-state index in [0.29, 0.717) is 12.6 Å². The molecule has 2 heteroatoms. The van der Waals surface area contributed by atoms with E-state index < -0.39 is 0 Å². The summed E-state index contributed by atoms with van der Waals surface area (Å²) in [6, 6.07) is 0.451. The van der Waals surface area contributed by atoms with Gasteiger partial charge in [-0.05, 0) is 37.6 Å². The number of hydrogen-bond acceptors (Lipinski definition) is 2. The molecule has 1 aliphatic carbocycles. The van der Waals surface area contributed by atoms with Gasteiger partial charge < -0.3 is 10.0 Å². The zero-order chi connectivity index (χ0) is 8.72. The Bertz CT molecular complexity index is 167. The maximum absolute atomic E-state index is 9.26. The maximum atomic E-state index is 9.26. The van der Waals surface area contributed by atoms with Crippen LogP contribution >= 0.6 is 0 Å². The second-order valence-corrected chi connectivity index (χ2v) is 4.58. The largest absolute Gasteiger partial charge is 0.395 e. The van der Waals surface area contributed by atoms with Crippen LogP contribution in [-0.4, -0.2) is 36.2 Å². The van der Waals surface area contributed by atoms with Crippen LogP contribution in [-0.2, 0) is 0 Å². The van der Waals surface area contributed by atoms with Crippen LogP contribution in [0.4, 0.5) is 0 Å². The zero-order valence-electron chi connectivity index (χ0n) is 8.03. The summed E-state index contributed by atoms with van der Waals surface area (Å²) >= 11 is 0. The van der Waals surface area contributed by atoms with E-state index in [0.717, 1.165) is 17.8 Å². The SMILES string of the molecule is C[C@H]1CN(C)[C@@H](CO)[C@H]1C1CC1. The van der Waals surface area contributed by atoms with Crippen LogP contribution in [0, 0.1) is 17.8 Å². The number of hydrogen-bond donors (Lipinski definition) is 1. The first-order chi connectivity index (χ1) is 5.74. The molecule has 0 radical (unpaired) electrons. The molecule has 2 aliphatic rings. The highest BCUT2D eigenvalue weighted by Crippen LogP contribution is 2.46. The number of nitrogens with zero attached hydrogens (tertiary/aromatic N) is 1. The monoisotopic (exact) mass is 169 g/mol. The van der Waals surface area contributed by atoms with Crippen molar-refractivity contribution in [1.82, 2.24) is 4.90 Å². The molecule has 1 heterocycles. The first-order valence-electron chi connectivity index (χ1n) is 5.05. The summed E-state index contributed by atoms with van der Waals surface area (Å²) in [7, 11) is 2.14. The van der Waals surface area contributed by atoms with E-state index >= 15 is 0 Å². The van der Waals surface area contributed by atoms with Gasteiger partial charge in [0, 0.05) is 12.6 Å². The van der Waals surface area contributed by atoms with Crippen molar-refractivity contribution in [3.63, 3.8) is 0 Å². The lowest BCUT2D eigenvalue weighted by Gasteiger charge is -2.23. The van der Waals surface area contributed by atoms with Crippen molar-refractivity contribution in [3.05, 3.63) is 0 Å². The molecule has 2 rings (SSSR count). The minimum absolute atomic E-state index is 0.349. The molecule has 0 spiro atoms. The lowest BCUT2D eigenvalue weighted by atomic mass is 9.88. The molecule has 1 saturated carbocycles. The molecule has 0 unspecified atom stereocenters. The average Bonchev–Trinajstić information content (AvgIpc) is 2.78. The second-order valence-electron chi connectivity index (χ2n) is 4.58. The fraction of sp³-hybridized carbons (Fsp3) is 1.00. The van der Waals surface area contributed by atoms with E-state index in [9.17, 15) is 5.11 Å². The third-order valence-corrected chi connectivity index (χ3v) is 3.60. The molecule has 1 aliphatic heterocycles. The summed E-state index contributed by atoms with van der Waals surface area (Å²) in [5.74, 6) is 2.50. The van der Waals surface area contributed by atoms with Gasteiger partial charge in [-0.2, -0.15) is 0 Å². The van der Waals surface area contributed by atoms with E-state index in [4.69, 9.17) is 0 Å². The number of likely N-dealkylation sites (N-methyl/N-ethyl adjacent to an activating group) is 1. The van der Waals surface area contributed by atoms with Gasteiger partial charge in [-0.25, -0.2) is 0 Å². The first kappa shape index (κ1) is 8.52. The summed E-state index contributed by atoms with van der Waals surface area (Å²) in [6.45, 7) is 3.85. The van der Waals surface area contributed by atoms with Crippen molar-refractivity contribution in [1.29, 1.82) is 0 Å². The Morgan fingerprint density at radius 3 is 2.58 bits per heavy atom. The van der Waals surface area contributed by atoms with E-state index in [-0.39, 0.29) is 0 Å². The third-order valence-electron chi connectivity index (χ3n) is 3.60. The van der Waals surface area contributed by atoms with Crippen LogP contribution in [0.1, 0.15) is 19.8 Å². The lowest BCUT2D eigenvalue weighted by molar-refractivity contribution is 0.145. The van der Waals surface area contributed by atoms with Gasteiger partial charge >= 0.3 is 0 Å². The Labute approximate surface area is 74.6 Å². The van der Waals surface area contributed by atoms with Crippen molar-refractivity contribution >= 4 is 0 Å². The van der Waals surface area contributed by atoms with Crippen molar-refractivity contribution in [2.24, 2.45) is 17.8 Å². The molecule has 1 saturated heterocycles. The molecule has 12 heavy (non-hydrogen) atoms. The lowest BCUT2D eigenvalue weighted by Crippen LogP contribution is -2.33. The van der Waals surface area contributed by atoms with Crippen LogP contribution in [0.25, 0.3) is 0 Å². The van der Waals surface area contributed by atoms with Crippen LogP contribution in [0.15, 0.2) is 0 Å². The molecule has 0 aromatic heterocycles. The molecular formula is C10H19NO. The normalized spacial score (nSPS) is 43.8. The van der Waals surface area contributed by atoms with E-state index in [1.807, 2.05) is 0 Å². The molecule has 0 amide bonds. The van der Waals surface area contributed by atoms with E-state index in [1.54, 1.807) is 0 Å².